The van der Waals surface area contributed by atoms with E-state index >= 15 is 0 Å². The van der Waals surface area contributed by atoms with Crippen LogP contribution in [0.15, 0.2) is 29.8 Å². The summed E-state index contributed by atoms with van der Waals surface area (Å²) in [6.45, 7) is 9.89. The molecule has 0 bridgehead atoms. The lowest BCUT2D eigenvalue weighted by molar-refractivity contribution is 0.0498. The summed E-state index contributed by atoms with van der Waals surface area (Å²) in [5, 5.41) is 12.2. The van der Waals surface area contributed by atoms with Crippen molar-refractivity contribution in [2.75, 3.05) is 6.61 Å². The largest absolute Gasteiger partial charge is 0.444 e. The molecule has 0 fully saturated rings. The first-order valence-electron chi connectivity index (χ1n) is 9.80. The number of carbonyl (C=O) groups is 1. The van der Waals surface area contributed by atoms with Crippen LogP contribution < -0.4 is 5.32 Å². The maximum absolute atomic E-state index is 12.3. The van der Waals surface area contributed by atoms with Gasteiger partial charge in [-0.25, -0.2) is 9.78 Å². The lowest BCUT2D eigenvalue weighted by atomic mass is 9.94. The Kier molecular flexibility index (Phi) is 8.01. The summed E-state index contributed by atoms with van der Waals surface area (Å²) < 4.78 is 5.45. The number of amides is 1. The van der Waals surface area contributed by atoms with Gasteiger partial charge in [0.15, 0.2) is 0 Å². The van der Waals surface area contributed by atoms with Crippen LogP contribution in [0.4, 0.5) is 4.79 Å². The Hall–Kier alpha value is -1.92. The predicted molar refractivity (Wildman–Crippen MR) is 114 cm³/mol. The molecule has 154 valence electrons. The van der Waals surface area contributed by atoms with Gasteiger partial charge in [-0.1, -0.05) is 31.2 Å². The quantitative estimate of drug-likeness (QED) is 0.611. The Labute approximate surface area is 172 Å². The van der Waals surface area contributed by atoms with E-state index in [1.54, 1.807) is 11.3 Å². The molecule has 0 aliphatic carbocycles. The minimum Gasteiger partial charge on any atom is -0.444 e. The first-order valence-corrected chi connectivity index (χ1v) is 10.7. The van der Waals surface area contributed by atoms with Crippen LogP contribution in [-0.4, -0.2) is 28.4 Å². The van der Waals surface area contributed by atoms with Crippen LogP contribution >= 0.6 is 11.3 Å². The number of aryl methyl sites for hydroxylation is 1. The number of hydrogen-bond acceptors (Lipinski definition) is 5. The van der Waals surface area contributed by atoms with E-state index < -0.39 is 11.7 Å². The summed E-state index contributed by atoms with van der Waals surface area (Å²) in [7, 11) is 0. The molecule has 1 aromatic carbocycles. The van der Waals surface area contributed by atoms with Crippen LogP contribution in [0.1, 0.15) is 64.3 Å². The molecule has 1 aromatic heterocycles. The number of aliphatic hydroxyl groups is 1. The average molecular weight is 405 g/mol. The summed E-state index contributed by atoms with van der Waals surface area (Å²) in [6, 6.07) is 8.15. The summed E-state index contributed by atoms with van der Waals surface area (Å²) in [6.07, 6.45) is 2.06. The Morgan fingerprint density at radius 2 is 1.89 bits per heavy atom. The fraction of sp³-hybridized carbons (Fsp3) is 0.545. The van der Waals surface area contributed by atoms with Gasteiger partial charge in [0.05, 0.1) is 22.1 Å². The number of carbonyl (C=O) groups excluding carboxylic acids is 1. The Morgan fingerprint density at radius 3 is 2.43 bits per heavy atom. The third-order valence-corrected chi connectivity index (χ3v) is 5.56. The second-order valence-electron chi connectivity index (χ2n) is 8.28. The van der Waals surface area contributed by atoms with Crippen LogP contribution in [0.3, 0.4) is 0 Å². The van der Waals surface area contributed by atoms with Crippen molar-refractivity contribution < 1.29 is 14.6 Å². The molecular formula is C22H32N2O3S. The molecule has 2 aromatic rings. The van der Waals surface area contributed by atoms with E-state index in [2.05, 4.69) is 41.5 Å². The van der Waals surface area contributed by atoms with Crippen molar-refractivity contribution in [3.05, 3.63) is 41.0 Å². The number of ether oxygens (including phenoxy) is 1. The standard InChI is InChI=1S/C22H32N2O3S/c1-15(12-13-25)6-11-19(24-21(26)27-22(3,4)5)17-7-9-18(10-8-17)20-16(2)23-14-28-20/h7-10,14-15,19,25H,6,11-13H2,1-5H3,(H,24,26)/t15-,19+/m1/s1. The number of thiazole rings is 1. The summed E-state index contributed by atoms with van der Waals surface area (Å²) in [4.78, 5) is 17.8. The topological polar surface area (TPSA) is 71.5 Å². The zero-order valence-corrected chi connectivity index (χ0v) is 18.3. The van der Waals surface area contributed by atoms with Gasteiger partial charge in [-0.15, -0.1) is 11.3 Å². The number of alkyl carbamates (subject to hydrolysis) is 1. The van der Waals surface area contributed by atoms with Crippen molar-refractivity contribution in [2.45, 2.75) is 65.5 Å². The summed E-state index contributed by atoms with van der Waals surface area (Å²) in [5.74, 6) is 0.395. The van der Waals surface area contributed by atoms with Gasteiger partial charge in [0.25, 0.3) is 0 Å². The first-order chi connectivity index (χ1) is 13.2. The molecule has 1 amide bonds. The molecule has 0 aliphatic rings. The lowest BCUT2D eigenvalue weighted by Gasteiger charge is -2.25. The number of nitrogens with one attached hydrogen (secondary N) is 1. The summed E-state index contributed by atoms with van der Waals surface area (Å²) >= 11 is 1.63. The van der Waals surface area contributed by atoms with Crippen LogP contribution in [0, 0.1) is 12.8 Å². The van der Waals surface area contributed by atoms with Gasteiger partial charge >= 0.3 is 6.09 Å². The van der Waals surface area contributed by atoms with Crippen molar-refractivity contribution in [2.24, 2.45) is 5.92 Å². The van der Waals surface area contributed by atoms with E-state index in [-0.39, 0.29) is 12.6 Å². The molecule has 0 saturated heterocycles. The fourth-order valence-corrected chi connectivity index (χ4v) is 3.85. The molecule has 1 heterocycles. The second-order valence-corrected chi connectivity index (χ2v) is 9.14. The maximum atomic E-state index is 12.3. The van der Waals surface area contributed by atoms with Crippen molar-refractivity contribution in [1.82, 2.24) is 10.3 Å². The highest BCUT2D eigenvalue weighted by atomic mass is 32.1. The van der Waals surface area contributed by atoms with E-state index in [0.29, 0.717) is 5.92 Å². The molecule has 5 nitrogen and oxygen atoms in total. The van der Waals surface area contributed by atoms with Crippen LogP contribution in [0.2, 0.25) is 0 Å². The molecule has 0 saturated carbocycles. The van der Waals surface area contributed by atoms with Gasteiger partial charge in [-0.2, -0.15) is 0 Å². The van der Waals surface area contributed by atoms with Crippen LogP contribution in [0.25, 0.3) is 10.4 Å². The minimum absolute atomic E-state index is 0.132. The fourth-order valence-electron chi connectivity index (χ4n) is 3.03. The molecule has 6 heteroatoms. The molecule has 0 spiro atoms. The highest BCUT2D eigenvalue weighted by Crippen LogP contribution is 2.30. The Bertz CT molecular complexity index is 750. The number of hydrogen-bond donors (Lipinski definition) is 2. The highest BCUT2D eigenvalue weighted by Gasteiger charge is 2.21. The highest BCUT2D eigenvalue weighted by molar-refractivity contribution is 7.13. The van der Waals surface area contributed by atoms with Crippen molar-refractivity contribution in [3.63, 3.8) is 0 Å². The van der Waals surface area contributed by atoms with Gasteiger partial charge in [-0.3, -0.25) is 0 Å². The number of nitrogens with zero attached hydrogens (tertiary/aromatic N) is 1. The molecule has 0 aliphatic heterocycles. The smallest absolute Gasteiger partial charge is 0.408 e. The minimum atomic E-state index is -0.535. The number of aliphatic hydroxyl groups excluding tert-OH is 1. The molecule has 2 atom stereocenters. The van der Waals surface area contributed by atoms with E-state index in [1.807, 2.05) is 33.2 Å². The summed E-state index contributed by atoms with van der Waals surface area (Å²) in [5.41, 5.74) is 4.53. The van der Waals surface area contributed by atoms with E-state index in [0.717, 1.165) is 36.1 Å². The number of benzene rings is 1. The number of rotatable bonds is 8. The molecular weight excluding hydrogens is 372 g/mol. The van der Waals surface area contributed by atoms with Crippen LogP contribution in [-0.2, 0) is 4.74 Å². The molecule has 28 heavy (non-hydrogen) atoms. The second kappa shape index (κ2) is 10.0. The van der Waals surface area contributed by atoms with E-state index in [9.17, 15) is 4.79 Å². The molecule has 2 N–H and O–H groups in total. The zero-order chi connectivity index (χ0) is 20.7. The van der Waals surface area contributed by atoms with Gasteiger partial charge in [-0.05, 0) is 64.0 Å². The van der Waals surface area contributed by atoms with Crippen molar-refractivity contribution in [1.29, 1.82) is 0 Å². The molecule has 0 radical (unpaired) electrons. The Morgan fingerprint density at radius 1 is 1.21 bits per heavy atom. The monoisotopic (exact) mass is 404 g/mol. The first kappa shape index (κ1) is 22.4. The third-order valence-electron chi connectivity index (χ3n) is 4.58. The van der Waals surface area contributed by atoms with Crippen LogP contribution in [0.5, 0.6) is 0 Å². The van der Waals surface area contributed by atoms with E-state index in [1.165, 1.54) is 4.88 Å². The van der Waals surface area contributed by atoms with Crippen molar-refractivity contribution in [3.8, 4) is 10.4 Å². The van der Waals surface area contributed by atoms with Crippen molar-refractivity contribution >= 4 is 17.4 Å². The lowest BCUT2D eigenvalue weighted by Crippen LogP contribution is -2.35. The SMILES string of the molecule is Cc1ncsc1-c1ccc([C@H](CC[C@@H](C)CCO)NC(=O)OC(C)(C)C)cc1. The molecule has 0 unspecified atom stereocenters. The third kappa shape index (κ3) is 6.91. The predicted octanol–water partition coefficient (Wildman–Crippen LogP) is 5.48. The molecule has 2 rings (SSSR count). The van der Waals surface area contributed by atoms with Gasteiger partial charge in [0, 0.05) is 6.61 Å². The van der Waals surface area contributed by atoms with Gasteiger partial charge in [0.1, 0.15) is 5.60 Å². The van der Waals surface area contributed by atoms with Gasteiger partial charge in [0.2, 0.25) is 0 Å². The zero-order valence-electron chi connectivity index (χ0n) is 17.5. The normalized spacial score (nSPS) is 13.8. The van der Waals surface area contributed by atoms with E-state index in [4.69, 9.17) is 9.84 Å². The Balaban J connectivity index is 2.14. The average Bonchev–Trinajstić information content (AvgIpc) is 3.03. The number of aromatic nitrogens is 1. The van der Waals surface area contributed by atoms with Gasteiger partial charge < -0.3 is 15.2 Å². The maximum Gasteiger partial charge on any atom is 0.408 e.